The summed E-state index contributed by atoms with van der Waals surface area (Å²) < 4.78 is 16.6. The van der Waals surface area contributed by atoms with E-state index in [1.54, 1.807) is 42.5 Å². The molecule has 1 amide bonds. The molecule has 3 aromatic carbocycles. The third kappa shape index (κ3) is 5.68. The van der Waals surface area contributed by atoms with Crippen molar-refractivity contribution < 1.29 is 19.0 Å². The lowest BCUT2D eigenvalue weighted by molar-refractivity contribution is 0.102. The number of anilines is 1. The van der Waals surface area contributed by atoms with Crippen molar-refractivity contribution in [3.63, 3.8) is 0 Å². The molecule has 1 N–H and O–H groups in total. The van der Waals surface area contributed by atoms with Crippen molar-refractivity contribution in [3.8, 4) is 23.3 Å². The second-order valence-electron chi connectivity index (χ2n) is 6.51. The van der Waals surface area contributed by atoms with Crippen LogP contribution in [0, 0.1) is 11.3 Å². The summed E-state index contributed by atoms with van der Waals surface area (Å²) in [6.45, 7) is 2.57. The van der Waals surface area contributed by atoms with E-state index in [9.17, 15) is 4.79 Å². The Bertz CT molecular complexity index is 1120. The molecule has 0 aliphatic carbocycles. The number of benzene rings is 3. The first kappa shape index (κ1) is 22.0. The summed E-state index contributed by atoms with van der Waals surface area (Å²) in [6, 6.07) is 19.5. The molecule has 6 nitrogen and oxygen atoms in total. The van der Waals surface area contributed by atoms with E-state index in [0.717, 1.165) is 5.56 Å². The number of hydrogen-bond donors (Lipinski definition) is 1. The van der Waals surface area contributed by atoms with Gasteiger partial charge in [-0.3, -0.25) is 4.79 Å². The van der Waals surface area contributed by atoms with Gasteiger partial charge in [-0.05, 0) is 48.9 Å². The molecule has 0 saturated heterocycles. The Morgan fingerprint density at radius 1 is 1.10 bits per heavy atom. The molecule has 3 aromatic rings. The first-order valence-electron chi connectivity index (χ1n) is 9.57. The summed E-state index contributed by atoms with van der Waals surface area (Å²) in [6.07, 6.45) is 0. The minimum atomic E-state index is -0.345. The molecule has 0 radical (unpaired) electrons. The molecule has 0 aromatic heterocycles. The molecule has 3 rings (SSSR count). The Labute approximate surface area is 185 Å². The summed E-state index contributed by atoms with van der Waals surface area (Å²) in [5.74, 6) is 1.03. The molecule has 0 aliphatic rings. The van der Waals surface area contributed by atoms with E-state index >= 15 is 0 Å². The number of nitriles is 1. The summed E-state index contributed by atoms with van der Waals surface area (Å²) in [4.78, 5) is 12.7. The van der Waals surface area contributed by atoms with Gasteiger partial charge in [-0.2, -0.15) is 5.26 Å². The molecule has 158 valence electrons. The van der Waals surface area contributed by atoms with Crippen LogP contribution in [0.4, 0.5) is 5.69 Å². The van der Waals surface area contributed by atoms with Crippen LogP contribution in [0.25, 0.3) is 0 Å². The molecule has 0 heterocycles. The van der Waals surface area contributed by atoms with Gasteiger partial charge in [0.2, 0.25) is 0 Å². The molecule has 0 saturated carbocycles. The highest BCUT2D eigenvalue weighted by atomic mass is 35.5. The van der Waals surface area contributed by atoms with Crippen molar-refractivity contribution in [1.82, 2.24) is 0 Å². The Morgan fingerprint density at radius 2 is 1.90 bits per heavy atom. The van der Waals surface area contributed by atoms with E-state index in [2.05, 4.69) is 11.4 Å². The van der Waals surface area contributed by atoms with Crippen molar-refractivity contribution in [3.05, 3.63) is 82.4 Å². The van der Waals surface area contributed by atoms with Crippen LogP contribution in [0.2, 0.25) is 5.02 Å². The minimum Gasteiger partial charge on any atom is -0.493 e. The topological polar surface area (TPSA) is 80.6 Å². The zero-order valence-electron chi connectivity index (χ0n) is 17.1. The van der Waals surface area contributed by atoms with Crippen molar-refractivity contribution in [1.29, 1.82) is 5.26 Å². The van der Waals surface area contributed by atoms with Gasteiger partial charge in [-0.1, -0.05) is 29.8 Å². The van der Waals surface area contributed by atoms with Crippen molar-refractivity contribution >= 4 is 23.2 Å². The van der Waals surface area contributed by atoms with Crippen LogP contribution in [0.15, 0.2) is 60.7 Å². The molecular weight excluding hydrogens is 416 g/mol. The highest BCUT2D eigenvalue weighted by molar-refractivity contribution is 6.32. The van der Waals surface area contributed by atoms with E-state index in [4.69, 9.17) is 31.1 Å². The molecule has 0 unspecified atom stereocenters. The maximum Gasteiger partial charge on any atom is 0.255 e. The summed E-state index contributed by atoms with van der Waals surface area (Å²) in [5, 5.41) is 12.1. The van der Waals surface area contributed by atoms with Crippen LogP contribution in [0.1, 0.15) is 28.4 Å². The average Bonchev–Trinajstić information content (AvgIpc) is 2.79. The van der Waals surface area contributed by atoms with E-state index in [1.807, 2.05) is 19.1 Å². The molecule has 0 atom stereocenters. The van der Waals surface area contributed by atoms with Gasteiger partial charge in [-0.25, -0.2) is 0 Å². The van der Waals surface area contributed by atoms with Gasteiger partial charge >= 0.3 is 0 Å². The zero-order chi connectivity index (χ0) is 22.2. The maximum atomic E-state index is 12.7. The van der Waals surface area contributed by atoms with Crippen molar-refractivity contribution in [2.75, 3.05) is 19.0 Å². The number of halogens is 1. The molecule has 31 heavy (non-hydrogen) atoms. The molecule has 0 fully saturated rings. The molecule has 0 bridgehead atoms. The first-order valence-corrected chi connectivity index (χ1v) is 9.95. The normalized spacial score (nSPS) is 10.1. The first-order chi connectivity index (χ1) is 15.0. The van der Waals surface area contributed by atoms with Crippen LogP contribution in [0.3, 0.4) is 0 Å². The smallest absolute Gasteiger partial charge is 0.255 e. The SMILES string of the molecule is CCOc1c(Cl)cc(C(=O)Nc2cccc(OCc3cccc(C#N)c3)c2)cc1OC. The fourth-order valence-electron chi connectivity index (χ4n) is 2.90. The standard InChI is InChI=1S/C24H21ClN2O4/c1-3-30-23-21(25)11-18(12-22(23)29-2)24(28)27-19-8-5-9-20(13-19)31-15-17-7-4-6-16(10-17)14-26/h4-13H,3,15H2,1-2H3,(H,27,28). The van der Waals surface area contributed by atoms with Gasteiger partial charge in [0.1, 0.15) is 12.4 Å². The van der Waals surface area contributed by atoms with Crippen LogP contribution in [-0.4, -0.2) is 19.6 Å². The number of amides is 1. The third-order valence-corrected chi connectivity index (χ3v) is 4.61. The van der Waals surface area contributed by atoms with Crippen LogP contribution < -0.4 is 19.5 Å². The maximum absolute atomic E-state index is 12.7. The number of carbonyl (C=O) groups is 1. The number of nitrogens with zero attached hydrogens (tertiary/aromatic N) is 1. The van der Waals surface area contributed by atoms with Crippen molar-refractivity contribution in [2.24, 2.45) is 0 Å². The van der Waals surface area contributed by atoms with E-state index < -0.39 is 0 Å². The van der Waals surface area contributed by atoms with E-state index in [0.29, 0.717) is 52.3 Å². The second-order valence-corrected chi connectivity index (χ2v) is 6.91. The van der Waals surface area contributed by atoms with Gasteiger partial charge in [0, 0.05) is 17.3 Å². The van der Waals surface area contributed by atoms with E-state index in [1.165, 1.54) is 13.2 Å². The lowest BCUT2D eigenvalue weighted by atomic mass is 10.1. The number of nitrogens with one attached hydrogen (secondary N) is 1. The summed E-state index contributed by atoms with van der Waals surface area (Å²) in [5.41, 5.74) is 2.36. The lowest BCUT2D eigenvalue weighted by Crippen LogP contribution is -2.12. The minimum absolute atomic E-state index is 0.294. The molecular formula is C24H21ClN2O4. The van der Waals surface area contributed by atoms with Crippen LogP contribution >= 0.6 is 11.6 Å². The summed E-state index contributed by atoms with van der Waals surface area (Å²) in [7, 11) is 1.49. The Morgan fingerprint density at radius 3 is 2.65 bits per heavy atom. The number of hydrogen-bond acceptors (Lipinski definition) is 5. The van der Waals surface area contributed by atoms with Gasteiger partial charge in [0.15, 0.2) is 11.5 Å². The predicted molar refractivity (Wildman–Crippen MR) is 119 cm³/mol. The van der Waals surface area contributed by atoms with E-state index in [-0.39, 0.29) is 5.91 Å². The fraction of sp³-hybridized carbons (Fsp3) is 0.167. The zero-order valence-corrected chi connectivity index (χ0v) is 17.9. The molecule has 7 heteroatoms. The highest BCUT2D eigenvalue weighted by Gasteiger charge is 2.16. The Kier molecular flexibility index (Phi) is 7.36. The molecule has 0 spiro atoms. The number of ether oxygens (including phenoxy) is 3. The predicted octanol–water partition coefficient (Wildman–Crippen LogP) is 5.45. The lowest BCUT2D eigenvalue weighted by Gasteiger charge is -2.13. The Hall–Kier alpha value is -3.69. The van der Waals surface area contributed by atoms with Gasteiger partial charge in [0.05, 0.1) is 30.4 Å². The average molecular weight is 437 g/mol. The van der Waals surface area contributed by atoms with Gasteiger partial charge in [-0.15, -0.1) is 0 Å². The summed E-state index contributed by atoms with van der Waals surface area (Å²) >= 11 is 6.26. The number of rotatable bonds is 8. The quantitative estimate of drug-likeness (QED) is 0.507. The number of carbonyl (C=O) groups excluding carboxylic acids is 1. The third-order valence-electron chi connectivity index (χ3n) is 4.33. The van der Waals surface area contributed by atoms with Gasteiger partial charge in [0.25, 0.3) is 5.91 Å². The van der Waals surface area contributed by atoms with Crippen LogP contribution in [-0.2, 0) is 6.61 Å². The number of methoxy groups -OCH3 is 1. The monoisotopic (exact) mass is 436 g/mol. The van der Waals surface area contributed by atoms with Gasteiger partial charge < -0.3 is 19.5 Å². The molecule has 0 aliphatic heterocycles. The fourth-order valence-corrected chi connectivity index (χ4v) is 3.16. The second kappa shape index (κ2) is 10.4. The Balaban J connectivity index is 1.71. The highest BCUT2D eigenvalue weighted by Crippen LogP contribution is 2.36. The van der Waals surface area contributed by atoms with Crippen molar-refractivity contribution in [2.45, 2.75) is 13.5 Å². The van der Waals surface area contributed by atoms with Crippen LogP contribution in [0.5, 0.6) is 17.2 Å². The largest absolute Gasteiger partial charge is 0.493 e.